The van der Waals surface area contributed by atoms with E-state index in [0.29, 0.717) is 11.5 Å². The van der Waals surface area contributed by atoms with Crippen molar-refractivity contribution in [3.63, 3.8) is 0 Å². The van der Waals surface area contributed by atoms with Gasteiger partial charge in [-0.3, -0.25) is 0 Å². The van der Waals surface area contributed by atoms with Crippen LogP contribution in [0.5, 0.6) is 0 Å². The molecule has 0 spiro atoms. The zero-order chi connectivity index (χ0) is 11.9. The van der Waals surface area contributed by atoms with Gasteiger partial charge in [0.1, 0.15) is 5.82 Å². The fourth-order valence-electron chi connectivity index (χ4n) is 1.93. The molecule has 3 heteroatoms. The lowest BCUT2D eigenvalue weighted by atomic mass is 10.1. The summed E-state index contributed by atoms with van der Waals surface area (Å²) in [5.74, 6) is -0.357. The molecule has 2 unspecified atom stereocenters. The average molecular weight is 242 g/mol. The maximum absolute atomic E-state index is 13.0. The van der Waals surface area contributed by atoms with E-state index in [1.807, 2.05) is 0 Å². The summed E-state index contributed by atoms with van der Waals surface area (Å²) in [6, 6.07) is 5.68. The summed E-state index contributed by atoms with van der Waals surface area (Å²) in [4.78, 5) is 0. The second-order valence-electron chi connectivity index (χ2n) is 5.31. The molecular formula is C13H17ClFN. The average Bonchev–Trinajstić information content (AvgIpc) is 2.78. The van der Waals surface area contributed by atoms with Crippen LogP contribution in [0.15, 0.2) is 18.2 Å². The van der Waals surface area contributed by atoms with Gasteiger partial charge < -0.3 is 5.32 Å². The minimum atomic E-state index is -0.357. The van der Waals surface area contributed by atoms with Gasteiger partial charge in [0.25, 0.3) is 0 Å². The Morgan fingerprint density at radius 1 is 1.50 bits per heavy atom. The molecule has 1 fully saturated rings. The fourth-order valence-corrected chi connectivity index (χ4v) is 2.12. The largest absolute Gasteiger partial charge is 0.307 e. The Labute approximate surface area is 101 Å². The van der Waals surface area contributed by atoms with Gasteiger partial charge >= 0.3 is 0 Å². The SMILES string of the molecule is CC(NC1CC1(C)C)c1ccc(F)c(Cl)c1. The van der Waals surface area contributed by atoms with Crippen LogP contribution in [0.3, 0.4) is 0 Å². The molecule has 0 bridgehead atoms. The number of benzene rings is 1. The van der Waals surface area contributed by atoms with Crippen LogP contribution in [0, 0.1) is 11.2 Å². The maximum Gasteiger partial charge on any atom is 0.141 e. The minimum Gasteiger partial charge on any atom is -0.307 e. The van der Waals surface area contributed by atoms with E-state index in [4.69, 9.17) is 11.6 Å². The van der Waals surface area contributed by atoms with E-state index in [9.17, 15) is 4.39 Å². The van der Waals surface area contributed by atoms with Crippen molar-refractivity contribution in [1.82, 2.24) is 5.32 Å². The van der Waals surface area contributed by atoms with Crippen molar-refractivity contribution in [2.24, 2.45) is 5.41 Å². The molecule has 16 heavy (non-hydrogen) atoms. The molecule has 0 aliphatic heterocycles. The monoisotopic (exact) mass is 241 g/mol. The van der Waals surface area contributed by atoms with Crippen LogP contribution in [-0.4, -0.2) is 6.04 Å². The lowest BCUT2D eigenvalue weighted by molar-refractivity contribution is 0.491. The number of hydrogen-bond acceptors (Lipinski definition) is 1. The molecule has 88 valence electrons. The maximum atomic E-state index is 13.0. The van der Waals surface area contributed by atoms with Gasteiger partial charge in [-0.05, 0) is 36.5 Å². The van der Waals surface area contributed by atoms with E-state index in [0.717, 1.165) is 5.56 Å². The fraction of sp³-hybridized carbons (Fsp3) is 0.538. The van der Waals surface area contributed by atoms with Crippen molar-refractivity contribution in [2.45, 2.75) is 39.3 Å². The van der Waals surface area contributed by atoms with E-state index in [-0.39, 0.29) is 16.9 Å². The summed E-state index contributed by atoms with van der Waals surface area (Å²) in [5.41, 5.74) is 1.44. The van der Waals surface area contributed by atoms with E-state index in [2.05, 4.69) is 26.1 Å². The first kappa shape index (κ1) is 11.9. The van der Waals surface area contributed by atoms with Crippen LogP contribution >= 0.6 is 11.6 Å². The third kappa shape index (κ3) is 2.38. The molecular weight excluding hydrogens is 225 g/mol. The molecule has 2 atom stereocenters. The molecule has 1 aromatic rings. The number of hydrogen-bond donors (Lipinski definition) is 1. The summed E-state index contributed by atoms with van der Waals surface area (Å²) in [7, 11) is 0. The van der Waals surface area contributed by atoms with Crippen LogP contribution in [0.2, 0.25) is 5.02 Å². The van der Waals surface area contributed by atoms with Crippen LogP contribution in [0.25, 0.3) is 0 Å². The van der Waals surface area contributed by atoms with Crippen molar-refractivity contribution in [3.8, 4) is 0 Å². The van der Waals surface area contributed by atoms with E-state index < -0.39 is 0 Å². The first-order chi connectivity index (χ1) is 7.40. The predicted molar refractivity (Wildman–Crippen MR) is 65.1 cm³/mol. The minimum absolute atomic E-state index is 0.196. The van der Waals surface area contributed by atoms with E-state index in [1.165, 1.54) is 12.5 Å². The number of nitrogens with one attached hydrogen (secondary N) is 1. The van der Waals surface area contributed by atoms with Crippen molar-refractivity contribution >= 4 is 11.6 Å². The lowest BCUT2D eigenvalue weighted by Crippen LogP contribution is -2.24. The smallest absolute Gasteiger partial charge is 0.141 e. The summed E-state index contributed by atoms with van der Waals surface area (Å²) >= 11 is 5.76. The number of rotatable bonds is 3. The highest BCUT2D eigenvalue weighted by Gasteiger charge is 2.45. The lowest BCUT2D eigenvalue weighted by Gasteiger charge is -2.16. The second kappa shape index (κ2) is 4.01. The Bertz CT molecular complexity index is 403. The van der Waals surface area contributed by atoms with Crippen molar-refractivity contribution in [2.75, 3.05) is 0 Å². The first-order valence-corrected chi connectivity index (χ1v) is 5.99. The van der Waals surface area contributed by atoms with Gasteiger partial charge in [-0.1, -0.05) is 31.5 Å². The third-order valence-electron chi connectivity index (χ3n) is 3.41. The normalized spacial score (nSPS) is 24.2. The predicted octanol–water partition coefficient (Wildman–Crippen LogP) is 3.93. The molecule has 2 rings (SSSR count). The highest BCUT2D eigenvalue weighted by Crippen LogP contribution is 2.45. The Kier molecular flexibility index (Phi) is 2.97. The van der Waals surface area contributed by atoms with Crippen molar-refractivity contribution in [3.05, 3.63) is 34.6 Å². The molecule has 1 nitrogen and oxygen atoms in total. The molecule has 0 radical (unpaired) electrons. The van der Waals surface area contributed by atoms with Gasteiger partial charge in [-0.25, -0.2) is 4.39 Å². The molecule has 1 aromatic carbocycles. The van der Waals surface area contributed by atoms with E-state index in [1.54, 1.807) is 12.1 Å². The number of halogens is 2. The van der Waals surface area contributed by atoms with Gasteiger partial charge in [0.2, 0.25) is 0 Å². The molecule has 1 saturated carbocycles. The molecule has 1 aliphatic carbocycles. The third-order valence-corrected chi connectivity index (χ3v) is 3.70. The molecule has 0 amide bonds. The van der Waals surface area contributed by atoms with Crippen LogP contribution in [-0.2, 0) is 0 Å². The highest BCUT2D eigenvalue weighted by atomic mass is 35.5. The van der Waals surface area contributed by atoms with Crippen molar-refractivity contribution < 1.29 is 4.39 Å². The second-order valence-corrected chi connectivity index (χ2v) is 5.71. The van der Waals surface area contributed by atoms with Crippen LogP contribution in [0.1, 0.15) is 38.8 Å². The highest BCUT2D eigenvalue weighted by molar-refractivity contribution is 6.30. The molecule has 0 heterocycles. The van der Waals surface area contributed by atoms with Gasteiger partial charge in [0.15, 0.2) is 0 Å². The van der Waals surface area contributed by atoms with E-state index >= 15 is 0 Å². The Hall–Kier alpha value is -0.600. The quantitative estimate of drug-likeness (QED) is 0.846. The van der Waals surface area contributed by atoms with Crippen molar-refractivity contribution in [1.29, 1.82) is 0 Å². The molecule has 1 N–H and O–H groups in total. The molecule has 0 aromatic heterocycles. The first-order valence-electron chi connectivity index (χ1n) is 5.61. The Balaban J connectivity index is 2.04. The van der Waals surface area contributed by atoms with Gasteiger partial charge in [0.05, 0.1) is 5.02 Å². The standard InChI is InChI=1S/C13H17ClFN/c1-8(16-12-7-13(12,2)3)9-4-5-11(15)10(14)6-9/h4-6,8,12,16H,7H2,1-3H3. The van der Waals surface area contributed by atoms with Gasteiger partial charge in [0, 0.05) is 12.1 Å². The summed E-state index contributed by atoms with van der Waals surface area (Å²) in [6.07, 6.45) is 1.20. The summed E-state index contributed by atoms with van der Waals surface area (Å²) in [5, 5.41) is 3.72. The molecule has 1 aliphatic rings. The van der Waals surface area contributed by atoms with Crippen LogP contribution < -0.4 is 5.32 Å². The van der Waals surface area contributed by atoms with Gasteiger partial charge in [-0.2, -0.15) is 0 Å². The van der Waals surface area contributed by atoms with Crippen LogP contribution in [0.4, 0.5) is 4.39 Å². The Morgan fingerprint density at radius 3 is 2.62 bits per heavy atom. The zero-order valence-corrected chi connectivity index (χ0v) is 10.6. The zero-order valence-electron chi connectivity index (χ0n) is 9.85. The topological polar surface area (TPSA) is 12.0 Å². The molecule has 0 saturated heterocycles. The van der Waals surface area contributed by atoms with Gasteiger partial charge in [-0.15, -0.1) is 0 Å². The Morgan fingerprint density at radius 2 is 2.12 bits per heavy atom. The summed E-state index contributed by atoms with van der Waals surface area (Å²) < 4.78 is 13.0. The summed E-state index contributed by atoms with van der Waals surface area (Å²) in [6.45, 7) is 6.57.